The van der Waals surface area contributed by atoms with Gasteiger partial charge < -0.3 is 16.8 Å². The fourth-order valence-electron chi connectivity index (χ4n) is 0.916. The van der Waals surface area contributed by atoms with Gasteiger partial charge in [-0.3, -0.25) is 0 Å². The number of nitrogens with one attached hydrogen (secondary N) is 1. The second kappa shape index (κ2) is 4.95. The second-order valence-electron chi connectivity index (χ2n) is 3.10. The Balaban J connectivity index is 2.55. The van der Waals surface area contributed by atoms with Crippen molar-refractivity contribution in [3.8, 4) is 0 Å². The summed E-state index contributed by atoms with van der Waals surface area (Å²) in [5, 5.41) is 3.75. The number of aromatic nitrogens is 1. The first-order chi connectivity index (χ1) is 6.63. The van der Waals surface area contributed by atoms with Gasteiger partial charge in [-0.25, -0.2) is 4.98 Å². The van der Waals surface area contributed by atoms with Gasteiger partial charge >= 0.3 is 0 Å². The maximum absolute atomic E-state index is 5.58. The number of pyridine rings is 1. The summed E-state index contributed by atoms with van der Waals surface area (Å²) in [5.74, 6) is 1.16. The van der Waals surface area contributed by atoms with E-state index in [9.17, 15) is 0 Å². The molecule has 0 saturated heterocycles. The van der Waals surface area contributed by atoms with E-state index in [-0.39, 0.29) is 0 Å². The molecular weight excluding hydrogens is 196 g/mol. The fourth-order valence-corrected chi connectivity index (χ4v) is 1.17. The lowest BCUT2D eigenvalue weighted by atomic mass is 10.3. The zero-order chi connectivity index (χ0) is 10.6. The van der Waals surface area contributed by atoms with Crippen molar-refractivity contribution in [1.29, 1.82) is 0 Å². The lowest BCUT2D eigenvalue weighted by molar-refractivity contribution is 0.993. The molecule has 1 aromatic rings. The van der Waals surface area contributed by atoms with Crippen molar-refractivity contribution in [2.45, 2.75) is 12.2 Å². The SMILES string of the molecule is CSC(C)CNc1ccc(N)c(N)n1. The summed E-state index contributed by atoms with van der Waals surface area (Å²) in [6.45, 7) is 3.02. The van der Waals surface area contributed by atoms with E-state index >= 15 is 0 Å². The van der Waals surface area contributed by atoms with E-state index in [1.807, 2.05) is 6.07 Å². The molecule has 0 aromatic carbocycles. The van der Waals surface area contributed by atoms with E-state index in [1.165, 1.54) is 0 Å². The molecule has 14 heavy (non-hydrogen) atoms. The number of anilines is 3. The van der Waals surface area contributed by atoms with E-state index in [0.29, 0.717) is 16.8 Å². The molecule has 0 spiro atoms. The summed E-state index contributed by atoms with van der Waals surface area (Å²) in [4.78, 5) is 4.11. The lowest BCUT2D eigenvalue weighted by Gasteiger charge is -2.10. The van der Waals surface area contributed by atoms with E-state index in [1.54, 1.807) is 17.8 Å². The van der Waals surface area contributed by atoms with Gasteiger partial charge in [0.1, 0.15) is 11.6 Å². The Morgan fingerprint density at radius 1 is 1.50 bits per heavy atom. The Hall–Kier alpha value is -1.10. The number of hydrogen-bond donors (Lipinski definition) is 3. The molecule has 1 aromatic heterocycles. The van der Waals surface area contributed by atoms with Gasteiger partial charge in [0.2, 0.25) is 0 Å². The molecule has 0 aliphatic carbocycles. The second-order valence-corrected chi connectivity index (χ2v) is 4.37. The van der Waals surface area contributed by atoms with Crippen molar-refractivity contribution in [2.75, 3.05) is 29.6 Å². The van der Waals surface area contributed by atoms with E-state index in [0.717, 1.165) is 12.4 Å². The Kier molecular flexibility index (Phi) is 3.88. The highest BCUT2D eigenvalue weighted by atomic mass is 32.2. The monoisotopic (exact) mass is 212 g/mol. The average Bonchev–Trinajstić information content (AvgIpc) is 2.19. The van der Waals surface area contributed by atoms with Gasteiger partial charge in [-0.05, 0) is 18.4 Å². The highest BCUT2D eigenvalue weighted by Gasteiger charge is 2.01. The Labute approximate surface area is 88.5 Å². The van der Waals surface area contributed by atoms with Gasteiger partial charge in [0.15, 0.2) is 0 Å². The van der Waals surface area contributed by atoms with E-state index < -0.39 is 0 Å². The van der Waals surface area contributed by atoms with E-state index in [4.69, 9.17) is 11.5 Å². The van der Waals surface area contributed by atoms with Crippen LogP contribution in [0.2, 0.25) is 0 Å². The first-order valence-electron chi connectivity index (χ1n) is 4.42. The number of nitrogen functional groups attached to an aromatic ring is 2. The zero-order valence-corrected chi connectivity index (χ0v) is 9.27. The third-order valence-corrected chi connectivity index (χ3v) is 2.90. The van der Waals surface area contributed by atoms with Crippen molar-refractivity contribution in [1.82, 2.24) is 4.98 Å². The van der Waals surface area contributed by atoms with Crippen LogP contribution in [0.4, 0.5) is 17.3 Å². The van der Waals surface area contributed by atoms with Crippen LogP contribution in [0, 0.1) is 0 Å². The van der Waals surface area contributed by atoms with Crippen molar-refractivity contribution < 1.29 is 0 Å². The van der Waals surface area contributed by atoms with Crippen molar-refractivity contribution in [3.63, 3.8) is 0 Å². The molecule has 5 N–H and O–H groups in total. The summed E-state index contributed by atoms with van der Waals surface area (Å²) in [6.07, 6.45) is 2.08. The summed E-state index contributed by atoms with van der Waals surface area (Å²) in [7, 11) is 0. The zero-order valence-electron chi connectivity index (χ0n) is 8.45. The number of hydrogen-bond acceptors (Lipinski definition) is 5. The molecule has 4 nitrogen and oxygen atoms in total. The summed E-state index contributed by atoms with van der Waals surface area (Å²) in [5.41, 5.74) is 11.7. The van der Waals surface area contributed by atoms with Gasteiger partial charge in [0, 0.05) is 11.8 Å². The molecule has 0 bridgehead atoms. The first-order valence-corrected chi connectivity index (χ1v) is 5.71. The van der Waals surface area contributed by atoms with Gasteiger partial charge in [0.25, 0.3) is 0 Å². The number of rotatable bonds is 4. The van der Waals surface area contributed by atoms with Crippen LogP contribution in [-0.4, -0.2) is 23.0 Å². The van der Waals surface area contributed by atoms with Crippen molar-refractivity contribution in [3.05, 3.63) is 12.1 Å². The minimum absolute atomic E-state index is 0.381. The summed E-state index contributed by atoms with van der Waals surface area (Å²) in [6, 6.07) is 3.59. The molecule has 78 valence electrons. The van der Waals surface area contributed by atoms with Crippen LogP contribution in [-0.2, 0) is 0 Å². The maximum Gasteiger partial charge on any atom is 0.149 e. The number of nitrogens with two attached hydrogens (primary N) is 2. The van der Waals surface area contributed by atoms with Crippen LogP contribution in [0.3, 0.4) is 0 Å². The van der Waals surface area contributed by atoms with Crippen LogP contribution in [0.15, 0.2) is 12.1 Å². The quantitative estimate of drug-likeness (QED) is 0.703. The molecule has 5 heteroatoms. The molecule has 0 fully saturated rings. The van der Waals surface area contributed by atoms with Crippen LogP contribution < -0.4 is 16.8 Å². The molecule has 1 rings (SSSR count). The Morgan fingerprint density at radius 2 is 2.21 bits per heavy atom. The maximum atomic E-state index is 5.58. The molecule has 1 heterocycles. The molecule has 0 aliphatic rings. The van der Waals surface area contributed by atoms with Gasteiger partial charge in [0.05, 0.1) is 5.69 Å². The van der Waals surface area contributed by atoms with Crippen LogP contribution in [0.5, 0.6) is 0 Å². The molecule has 1 unspecified atom stereocenters. The lowest BCUT2D eigenvalue weighted by Crippen LogP contribution is -2.14. The Bertz CT molecular complexity index is 303. The van der Waals surface area contributed by atoms with Crippen LogP contribution >= 0.6 is 11.8 Å². The Morgan fingerprint density at radius 3 is 2.79 bits per heavy atom. The van der Waals surface area contributed by atoms with Gasteiger partial charge in [-0.2, -0.15) is 11.8 Å². The summed E-state index contributed by atoms with van der Waals surface area (Å²) < 4.78 is 0. The van der Waals surface area contributed by atoms with Crippen molar-refractivity contribution in [2.24, 2.45) is 0 Å². The standard InChI is InChI=1S/C9H16N4S/c1-6(14-2)5-12-8-4-3-7(10)9(11)13-8/h3-4,6H,5,10H2,1-2H3,(H3,11,12,13). The van der Waals surface area contributed by atoms with Gasteiger partial charge in [-0.15, -0.1) is 0 Å². The molecule has 0 amide bonds. The molecule has 0 radical (unpaired) electrons. The third kappa shape index (κ3) is 2.99. The fraction of sp³-hybridized carbons (Fsp3) is 0.444. The third-order valence-electron chi connectivity index (χ3n) is 1.93. The number of thioether (sulfide) groups is 1. The highest BCUT2D eigenvalue weighted by molar-refractivity contribution is 7.99. The predicted octanol–water partition coefficient (Wildman–Crippen LogP) is 1.41. The predicted molar refractivity (Wildman–Crippen MR) is 64.5 cm³/mol. The van der Waals surface area contributed by atoms with Gasteiger partial charge in [-0.1, -0.05) is 6.92 Å². The van der Waals surface area contributed by atoms with E-state index in [2.05, 4.69) is 23.5 Å². The first kappa shape index (κ1) is 11.0. The molecule has 1 atom stereocenters. The minimum atomic E-state index is 0.381. The van der Waals surface area contributed by atoms with Crippen molar-refractivity contribution >= 4 is 29.1 Å². The normalized spacial score (nSPS) is 12.4. The van der Waals surface area contributed by atoms with Crippen LogP contribution in [0.1, 0.15) is 6.92 Å². The smallest absolute Gasteiger partial charge is 0.149 e. The minimum Gasteiger partial charge on any atom is -0.396 e. The molecular formula is C9H16N4S. The number of nitrogens with zero attached hydrogens (tertiary/aromatic N) is 1. The summed E-state index contributed by atoms with van der Waals surface area (Å²) >= 11 is 1.81. The molecule has 0 aliphatic heterocycles. The highest BCUT2D eigenvalue weighted by Crippen LogP contribution is 2.15. The average molecular weight is 212 g/mol. The largest absolute Gasteiger partial charge is 0.396 e. The molecule has 0 saturated carbocycles. The van der Waals surface area contributed by atoms with Crippen LogP contribution in [0.25, 0.3) is 0 Å². The topological polar surface area (TPSA) is 77.0 Å².